The second-order valence-electron chi connectivity index (χ2n) is 5.33. The highest BCUT2D eigenvalue weighted by molar-refractivity contribution is 7.09. The Hall–Kier alpha value is -0.340. The molecule has 2 heteroatoms. The Bertz CT molecular complexity index is 286. The summed E-state index contributed by atoms with van der Waals surface area (Å²) in [4.78, 5) is 1.51. The molecule has 1 aromatic rings. The highest BCUT2D eigenvalue weighted by Crippen LogP contribution is 2.30. The van der Waals surface area contributed by atoms with Crippen molar-refractivity contribution in [2.45, 2.75) is 45.4 Å². The molecule has 17 heavy (non-hydrogen) atoms. The van der Waals surface area contributed by atoms with E-state index in [2.05, 4.69) is 29.8 Å². The lowest BCUT2D eigenvalue weighted by molar-refractivity contribution is 0.263. The Morgan fingerprint density at radius 1 is 1.24 bits per heavy atom. The summed E-state index contributed by atoms with van der Waals surface area (Å²) in [6.45, 7) is 4.72. The molecule has 1 aliphatic rings. The Morgan fingerprint density at radius 2 is 2.00 bits per heavy atom. The van der Waals surface area contributed by atoms with Crippen molar-refractivity contribution in [3.8, 4) is 0 Å². The maximum Gasteiger partial charge on any atom is 0.00578 e. The first-order chi connectivity index (χ1) is 8.38. The van der Waals surface area contributed by atoms with E-state index in [9.17, 15) is 0 Å². The molecule has 1 heterocycles. The minimum absolute atomic E-state index is 0.945. The number of thiophene rings is 1. The fourth-order valence-electron chi connectivity index (χ4n) is 2.82. The number of hydrogen-bond acceptors (Lipinski definition) is 2. The van der Waals surface area contributed by atoms with Gasteiger partial charge in [-0.1, -0.05) is 32.3 Å². The first-order valence-electron chi connectivity index (χ1n) is 7.11. The van der Waals surface area contributed by atoms with Crippen LogP contribution in [0.2, 0.25) is 0 Å². The van der Waals surface area contributed by atoms with E-state index in [0.717, 1.165) is 18.4 Å². The van der Waals surface area contributed by atoms with Crippen LogP contribution in [0.1, 0.15) is 43.9 Å². The van der Waals surface area contributed by atoms with Gasteiger partial charge in [-0.05, 0) is 55.6 Å². The summed E-state index contributed by atoms with van der Waals surface area (Å²) in [6, 6.07) is 4.38. The van der Waals surface area contributed by atoms with Crippen molar-refractivity contribution in [2.24, 2.45) is 11.8 Å². The average molecular weight is 251 g/mol. The molecule has 1 aromatic heterocycles. The molecule has 0 atom stereocenters. The number of rotatable bonds is 6. The minimum Gasteiger partial charge on any atom is -0.316 e. The van der Waals surface area contributed by atoms with E-state index in [1.807, 2.05) is 11.3 Å². The van der Waals surface area contributed by atoms with Crippen LogP contribution >= 0.6 is 11.3 Å². The smallest absolute Gasteiger partial charge is 0.00578 e. The second-order valence-corrected chi connectivity index (χ2v) is 6.36. The Labute approximate surface area is 110 Å². The van der Waals surface area contributed by atoms with Crippen molar-refractivity contribution in [3.63, 3.8) is 0 Å². The van der Waals surface area contributed by atoms with Gasteiger partial charge in [0.15, 0.2) is 0 Å². The summed E-state index contributed by atoms with van der Waals surface area (Å²) < 4.78 is 0. The normalized spacial score (nSPS) is 25.0. The first kappa shape index (κ1) is 13.1. The highest BCUT2D eigenvalue weighted by Gasteiger charge is 2.19. The molecule has 0 radical (unpaired) electrons. The molecule has 0 spiro atoms. The minimum atomic E-state index is 0.945. The van der Waals surface area contributed by atoms with E-state index < -0.39 is 0 Å². The number of hydrogen-bond donors (Lipinski definition) is 1. The van der Waals surface area contributed by atoms with Crippen LogP contribution in [0.25, 0.3) is 0 Å². The fraction of sp³-hybridized carbons (Fsp3) is 0.733. The van der Waals surface area contributed by atoms with Crippen LogP contribution in [-0.2, 0) is 6.42 Å². The lowest BCUT2D eigenvalue weighted by Crippen LogP contribution is -2.27. The van der Waals surface area contributed by atoms with E-state index in [1.54, 1.807) is 0 Å². The maximum atomic E-state index is 3.63. The molecule has 96 valence electrons. The molecular weight excluding hydrogens is 226 g/mol. The second kappa shape index (κ2) is 7.17. The molecular formula is C15H25NS. The van der Waals surface area contributed by atoms with Crippen molar-refractivity contribution in [3.05, 3.63) is 22.4 Å². The van der Waals surface area contributed by atoms with Crippen LogP contribution < -0.4 is 5.32 Å². The van der Waals surface area contributed by atoms with Gasteiger partial charge in [0.05, 0.1) is 0 Å². The van der Waals surface area contributed by atoms with E-state index in [-0.39, 0.29) is 0 Å². The van der Waals surface area contributed by atoms with Crippen molar-refractivity contribution < 1.29 is 0 Å². The molecule has 0 amide bonds. The van der Waals surface area contributed by atoms with Gasteiger partial charge in [0.25, 0.3) is 0 Å². The van der Waals surface area contributed by atoms with Crippen LogP contribution in [0.5, 0.6) is 0 Å². The van der Waals surface area contributed by atoms with Gasteiger partial charge < -0.3 is 5.32 Å². The van der Waals surface area contributed by atoms with Crippen LogP contribution in [0.3, 0.4) is 0 Å². The van der Waals surface area contributed by atoms with E-state index in [4.69, 9.17) is 0 Å². The number of nitrogens with one attached hydrogen (secondary N) is 1. The maximum absolute atomic E-state index is 3.63. The van der Waals surface area contributed by atoms with Crippen molar-refractivity contribution >= 4 is 11.3 Å². The zero-order valence-corrected chi connectivity index (χ0v) is 11.8. The molecule has 1 aliphatic carbocycles. The third kappa shape index (κ3) is 4.44. The molecule has 1 saturated carbocycles. The van der Waals surface area contributed by atoms with Gasteiger partial charge in [-0.25, -0.2) is 0 Å². The van der Waals surface area contributed by atoms with Gasteiger partial charge in [0.1, 0.15) is 0 Å². The van der Waals surface area contributed by atoms with Crippen LogP contribution in [0.4, 0.5) is 0 Å². The zero-order valence-electron chi connectivity index (χ0n) is 11.0. The molecule has 1 fully saturated rings. The van der Waals surface area contributed by atoms with Crippen LogP contribution in [0.15, 0.2) is 17.5 Å². The summed E-state index contributed by atoms with van der Waals surface area (Å²) in [7, 11) is 0. The monoisotopic (exact) mass is 251 g/mol. The molecule has 2 rings (SSSR count). The lowest BCUT2D eigenvalue weighted by Gasteiger charge is -2.27. The lowest BCUT2D eigenvalue weighted by atomic mass is 9.81. The summed E-state index contributed by atoms with van der Waals surface area (Å²) in [5.41, 5.74) is 0. The largest absolute Gasteiger partial charge is 0.316 e. The predicted octanol–water partition coefficient (Wildman–Crippen LogP) is 4.10. The van der Waals surface area contributed by atoms with Gasteiger partial charge in [-0.2, -0.15) is 0 Å². The molecule has 0 bridgehead atoms. The molecule has 0 aliphatic heterocycles. The zero-order chi connectivity index (χ0) is 11.9. The quantitative estimate of drug-likeness (QED) is 0.751. The topological polar surface area (TPSA) is 12.0 Å². The third-order valence-corrected chi connectivity index (χ3v) is 5.04. The van der Waals surface area contributed by atoms with Gasteiger partial charge in [0.2, 0.25) is 0 Å². The van der Waals surface area contributed by atoms with Crippen LogP contribution in [0, 0.1) is 11.8 Å². The van der Waals surface area contributed by atoms with Crippen molar-refractivity contribution in [2.75, 3.05) is 13.1 Å². The van der Waals surface area contributed by atoms with Gasteiger partial charge in [-0.3, -0.25) is 0 Å². The van der Waals surface area contributed by atoms with Crippen LogP contribution in [-0.4, -0.2) is 13.1 Å². The average Bonchev–Trinajstić information content (AvgIpc) is 2.88. The van der Waals surface area contributed by atoms with Gasteiger partial charge in [-0.15, -0.1) is 11.3 Å². The Morgan fingerprint density at radius 3 is 2.65 bits per heavy atom. The molecule has 1 N–H and O–H groups in total. The van der Waals surface area contributed by atoms with Crippen molar-refractivity contribution in [1.82, 2.24) is 5.32 Å². The Kier molecular flexibility index (Phi) is 5.53. The molecule has 0 unspecified atom stereocenters. The van der Waals surface area contributed by atoms with Gasteiger partial charge in [0, 0.05) is 4.88 Å². The standard InChI is InChI=1S/C15H25NS/c1-2-13-5-7-14(8-6-13)12-16-10-9-15-4-3-11-17-15/h3-4,11,13-14,16H,2,5-10,12H2,1H3. The predicted molar refractivity (Wildman–Crippen MR) is 76.6 cm³/mol. The summed E-state index contributed by atoms with van der Waals surface area (Å²) in [6.07, 6.45) is 8.41. The molecule has 1 nitrogen and oxygen atoms in total. The molecule has 0 aromatic carbocycles. The summed E-state index contributed by atoms with van der Waals surface area (Å²) >= 11 is 1.87. The van der Waals surface area contributed by atoms with E-state index in [1.165, 1.54) is 49.9 Å². The third-order valence-electron chi connectivity index (χ3n) is 4.10. The SMILES string of the molecule is CCC1CCC(CNCCc2cccs2)CC1. The fourth-order valence-corrected chi connectivity index (χ4v) is 3.53. The summed E-state index contributed by atoms with van der Waals surface area (Å²) in [5, 5.41) is 5.80. The first-order valence-corrected chi connectivity index (χ1v) is 7.99. The molecule has 0 saturated heterocycles. The van der Waals surface area contributed by atoms with Crippen molar-refractivity contribution in [1.29, 1.82) is 0 Å². The Balaban J connectivity index is 1.54. The van der Waals surface area contributed by atoms with E-state index in [0.29, 0.717) is 0 Å². The highest BCUT2D eigenvalue weighted by atomic mass is 32.1. The van der Waals surface area contributed by atoms with Gasteiger partial charge >= 0.3 is 0 Å². The summed E-state index contributed by atoms with van der Waals surface area (Å²) in [5.74, 6) is 1.97. The van der Waals surface area contributed by atoms with E-state index >= 15 is 0 Å².